The molecule has 3 nitrogen and oxygen atoms in total. The van der Waals surface area contributed by atoms with Gasteiger partial charge in [-0.2, -0.15) is 0 Å². The average molecular weight is 202 g/mol. The summed E-state index contributed by atoms with van der Waals surface area (Å²) in [6, 6.07) is 9.05. The Bertz CT molecular complexity index is 376. The molecule has 3 heteroatoms. The van der Waals surface area contributed by atoms with Crippen molar-refractivity contribution in [2.45, 2.75) is 12.5 Å². The number of carbonyl (C=O) groups is 1. The first kappa shape index (κ1) is 11.3. The van der Waals surface area contributed by atoms with Crippen LogP contribution in [0.4, 0.5) is 0 Å². The molecule has 1 aromatic rings. The Labute approximate surface area is 89.7 Å². The number of benzene rings is 1. The quantitative estimate of drug-likeness (QED) is 0.686. The highest BCUT2D eigenvalue weighted by molar-refractivity contribution is 5.81. The van der Waals surface area contributed by atoms with E-state index in [1.165, 1.54) is 0 Å². The maximum absolute atomic E-state index is 11.1. The number of hydrogen-bond donors (Lipinski definition) is 2. The van der Waals surface area contributed by atoms with Gasteiger partial charge in [-0.25, -0.2) is 0 Å². The molecule has 0 radical (unpaired) electrons. The largest absolute Gasteiger partial charge is 0.358 e. The van der Waals surface area contributed by atoms with Gasteiger partial charge in [-0.05, 0) is 12.1 Å². The first-order chi connectivity index (χ1) is 7.24. The second kappa shape index (κ2) is 5.84. The predicted molar refractivity (Wildman–Crippen MR) is 60.0 cm³/mol. The van der Waals surface area contributed by atoms with E-state index in [9.17, 15) is 4.79 Å². The number of nitrogens with one attached hydrogen (secondary N) is 1. The van der Waals surface area contributed by atoms with Crippen LogP contribution in [0.3, 0.4) is 0 Å². The van der Waals surface area contributed by atoms with Crippen LogP contribution in [0.2, 0.25) is 0 Å². The van der Waals surface area contributed by atoms with Crippen LogP contribution in [-0.4, -0.2) is 19.0 Å². The van der Waals surface area contributed by atoms with E-state index in [4.69, 9.17) is 5.73 Å². The van der Waals surface area contributed by atoms with E-state index >= 15 is 0 Å². The van der Waals surface area contributed by atoms with Gasteiger partial charge in [-0.15, -0.1) is 0 Å². The van der Waals surface area contributed by atoms with Crippen molar-refractivity contribution in [2.75, 3.05) is 7.05 Å². The van der Waals surface area contributed by atoms with Crippen LogP contribution in [0.15, 0.2) is 30.3 Å². The zero-order chi connectivity index (χ0) is 11.1. The standard InChI is InChI=1S/C12H14N2O/c1-14-12(15)11(13)9-5-8-10-6-3-2-4-7-10/h2-4,6-7,11H,9,13H2,1H3,(H,14,15). The van der Waals surface area contributed by atoms with Crippen LogP contribution in [0.5, 0.6) is 0 Å². The second-order valence-corrected chi connectivity index (χ2v) is 3.09. The molecule has 3 N–H and O–H groups in total. The molecule has 0 aliphatic rings. The van der Waals surface area contributed by atoms with Gasteiger partial charge in [0.2, 0.25) is 5.91 Å². The highest BCUT2D eigenvalue weighted by Gasteiger charge is 2.08. The molecule has 0 heterocycles. The lowest BCUT2D eigenvalue weighted by Gasteiger charge is -2.04. The SMILES string of the molecule is CNC(=O)C(N)CC#Cc1ccccc1. The molecule has 15 heavy (non-hydrogen) atoms. The van der Waals surface area contributed by atoms with Crippen LogP contribution in [0, 0.1) is 11.8 Å². The molecule has 1 amide bonds. The van der Waals surface area contributed by atoms with E-state index in [2.05, 4.69) is 17.2 Å². The number of rotatable bonds is 2. The minimum absolute atomic E-state index is 0.183. The average Bonchev–Trinajstić information content (AvgIpc) is 2.29. The van der Waals surface area contributed by atoms with Gasteiger partial charge in [0, 0.05) is 19.0 Å². The fourth-order valence-corrected chi connectivity index (χ4v) is 1.06. The summed E-state index contributed by atoms with van der Waals surface area (Å²) in [6.45, 7) is 0. The van der Waals surface area contributed by atoms with Crippen LogP contribution < -0.4 is 11.1 Å². The minimum atomic E-state index is -0.550. The predicted octanol–water partition coefficient (Wildman–Crippen LogP) is 0.501. The van der Waals surface area contributed by atoms with Crippen molar-refractivity contribution in [3.63, 3.8) is 0 Å². The molecule has 1 aromatic carbocycles. The number of amides is 1. The van der Waals surface area contributed by atoms with Crippen LogP contribution >= 0.6 is 0 Å². The fraction of sp³-hybridized carbons (Fsp3) is 0.250. The maximum Gasteiger partial charge on any atom is 0.237 e. The molecule has 0 aliphatic heterocycles. The molecular weight excluding hydrogens is 188 g/mol. The van der Waals surface area contributed by atoms with E-state index in [0.717, 1.165) is 5.56 Å². The molecule has 0 spiro atoms. The van der Waals surface area contributed by atoms with Gasteiger partial charge in [0.25, 0.3) is 0 Å². The summed E-state index contributed by atoms with van der Waals surface area (Å²) in [5.74, 6) is 5.64. The summed E-state index contributed by atoms with van der Waals surface area (Å²) >= 11 is 0. The van der Waals surface area contributed by atoms with Gasteiger partial charge in [-0.1, -0.05) is 30.0 Å². The molecule has 0 bridgehead atoms. The van der Waals surface area contributed by atoms with Crippen LogP contribution in [0.1, 0.15) is 12.0 Å². The molecule has 0 aliphatic carbocycles. The summed E-state index contributed by atoms with van der Waals surface area (Å²) in [6.07, 6.45) is 0.370. The van der Waals surface area contributed by atoms with Crippen molar-refractivity contribution >= 4 is 5.91 Å². The van der Waals surface area contributed by atoms with Gasteiger partial charge in [-0.3, -0.25) is 4.79 Å². The van der Waals surface area contributed by atoms with Crippen molar-refractivity contribution in [3.05, 3.63) is 35.9 Å². The van der Waals surface area contributed by atoms with E-state index in [1.807, 2.05) is 30.3 Å². The first-order valence-corrected chi connectivity index (χ1v) is 4.75. The Morgan fingerprint density at radius 1 is 1.47 bits per heavy atom. The summed E-state index contributed by atoms with van der Waals surface area (Å²) < 4.78 is 0. The lowest BCUT2D eigenvalue weighted by Crippen LogP contribution is -2.38. The van der Waals surface area contributed by atoms with E-state index in [0.29, 0.717) is 6.42 Å². The number of carbonyl (C=O) groups excluding carboxylic acids is 1. The Morgan fingerprint density at radius 3 is 2.73 bits per heavy atom. The van der Waals surface area contributed by atoms with E-state index in [-0.39, 0.29) is 5.91 Å². The van der Waals surface area contributed by atoms with Crippen molar-refractivity contribution < 1.29 is 4.79 Å². The lowest BCUT2D eigenvalue weighted by atomic mass is 10.2. The zero-order valence-corrected chi connectivity index (χ0v) is 8.66. The molecular formula is C12H14N2O. The second-order valence-electron chi connectivity index (χ2n) is 3.09. The van der Waals surface area contributed by atoms with Gasteiger partial charge in [0.15, 0.2) is 0 Å². The Balaban J connectivity index is 2.50. The number of hydrogen-bond acceptors (Lipinski definition) is 2. The smallest absolute Gasteiger partial charge is 0.237 e. The van der Waals surface area contributed by atoms with Crippen molar-refractivity contribution in [1.82, 2.24) is 5.32 Å². The molecule has 1 atom stereocenters. The van der Waals surface area contributed by atoms with Crippen molar-refractivity contribution in [3.8, 4) is 11.8 Å². The third-order valence-electron chi connectivity index (χ3n) is 1.91. The summed E-state index contributed by atoms with van der Waals surface area (Å²) in [5.41, 5.74) is 6.51. The first-order valence-electron chi connectivity index (χ1n) is 4.75. The lowest BCUT2D eigenvalue weighted by molar-refractivity contribution is -0.121. The maximum atomic E-state index is 11.1. The Morgan fingerprint density at radius 2 is 2.13 bits per heavy atom. The monoisotopic (exact) mass is 202 g/mol. The summed E-state index contributed by atoms with van der Waals surface area (Å²) in [7, 11) is 1.56. The van der Waals surface area contributed by atoms with Gasteiger partial charge >= 0.3 is 0 Å². The normalized spacial score (nSPS) is 11.1. The van der Waals surface area contributed by atoms with Crippen molar-refractivity contribution in [1.29, 1.82) is 0 Å². The molecule has 0 saturated carbocycles. The molecule has 1 rings (SSSR count). The number of nitrogens with two attached hydrogens (primary N) is 1. The van der Waals surface area contributed by atoms with E-state index < -0.39 is 6.04 Å². The summed E-state index contributed by atoms with van der Waals surface area (Å²) in [4.78, 5) is 11.1. The molecule has 78 valence electrons. The highest BCUT2D eigenvalue weighted by Crippen LogP contribution is 1.95. The molecule has 0 fully saturated rings. The zero-order valence-electron chi connectivity index (χ0n) is 8.66. The number of likely N-dealkylation sites (N-methyl/N-ethyl adjacent to an activating group) is 1. The topological polar surface area (TPSA) is 55.1 Å². The van der Waals surface area contributed by atoms with E-state index in [1.54, 1.807) is 7.05 Å². The van der Waals surface area contributed by atoms with Crippen molar-refractivity contribution in [2.24, 2.45) is 5.73 Å². The van der Waals surface area contributed by atoms with Crippen LogP contribution in [0.25, 0.3) is 0 Å². The Hall–Kier alpha value is -1.79. The molecule has 1 unspecified atom stereocenters. The highest BCUT2D eigenvalue weighted by atomic mass is 16.2. The summed E-state index contributed by atoms with van der Waals surface area (Å²) in [5, 5.41) is 2.48. The minimum Gasteiger partial charge on any atom is -0.358 e. The van der Waals surface area contributed by atoms with Crippen LogP contribution in [-0.2, 0) is 4.79 Å². The van der Waals surface area contributed by atoms with Gasteiger partial charge < -0.3 is 11.1 Å². The third-order valence-corrected chi connectivity index (χ3v) is 1.91. The molecule has 0 saturated heterocycles. The fourth-order valence-electron chi connectivity index (χ4n) is 1.06. The van der Waals surface area contributed by atoms with Gasteiger partial charge in [0.05, 0.1) is 6.04 Å². The third kappa shape index (κ3) is 3.84. The van der Waals surface area contributed by atoms with Gasteiger partial charge in [0.1, 0.15) is 0 Å². The Kier molecular flexibility index (Phi) is 4.39. The molecule has 0 aromatic heterocycles.